The van der Waals surface area contributed by atoms with Gasteiger partial charge in [-0.3, -0.25) is 33.7 Å². The SMILES string of the molecule is CN[C@H](C(=O)N[C@H](C(=O)N(C)[C@H](/C=C(\C)C(=O)N[C@H](CCC(=O)NCCN1C(=O)C=CC1=O)C(O)OC(C)(C)C)C(C)C)C(C)(C)C)C(C)(C)c1cccc(F)c1. The second-order valence-electron chi connectivity index (χ2n) is 17.5. The third-order valence-corrected chi connectivity index (χ3v) is 9.87. The summed E-state index contributed by atoms with van der Waals surface area (Å²) in [6.45, 7) is 19.8. The molecule has 0 saturated heterocycles. The average Bonchev–Trinajstić information content (AvgIpc) is 3.41. The first-order chi connectivity index (χ1) is 26.2. The Morgan fingerprint density at radius 3 is 2.07 bits per heavy atom. The lowest BCUT2D eigenvalue weighted by molar-refractivity contribution is -0.182. The zero-order valence-corrected chi connectivity index (χ0v) is 35.9. The van der Waals surface area contributed by atoms with Crippen LogP contribution in [0.1, 0.15) is 94.6 Å². The van der Waals surface area contributed by atoms with E-state index in [1.807, 2.05) is 48.5 Å². The number of imide groups is 1. The number of hydrogen-bond donors (Lipinski definition) is 5. The summed E-state index contributed by atoms with van der Waals surface area (Å²) in [6, 6.07) is 2.65. The lowest BCUT2D eigenvalue weighted by Gasteiger charge is -2.40. The van der Waals surface area contributed by atoms with Gasteiger partial charge >= 0.3 is 0 Å². The van der Waals surface area contributed by atoms with Gasteiger partial charge in [0.25, 0.3) is 11.8 Å². The van der Waals surface area contributed by atoms with E-state index in [1.165, 1.54) is 17.0 Å². The summed E-state index contributed by atoms with van der Waals surface area (Å²) in [4.78, 5) is 80.7. The maximum absolute atomic E-state index is 14.3. The molecule has 57 heavy (non-hydrogen) atoms. The zero-order valence-electron chi connectivity index (χ0n) is 35.9. The predicted octanol–water partition coefficient (Wildman–Crippen LogP) is 3.09. The first-order valence-corrected chi connectivity index (χ1v) is 19.4. The molecular weight excluding hydrogens is 735 g/mol. The van der Waals surface area contributed by atoms with Crippen LogP contribution in [0.2, 0.25) is 0 Å². The van der Waals surface area contributed by atoms with Gasteiger partial charge in [0.05, 0.1) is 23.7 Å². The van der Waals surface area contributed by atoms with Gasteiger partial charge in [-0.1, -0.05) is 66.7 Å². The quantitative estimate of drug-likeness (QED) is 0.0797. The molecule has 0 radical (unpaired) electrons. The Labute approximate surface area is 337 Å². The van der Waals surface area contributed by atoms with E-state index in [0.717, 1.165) is 17.1 Å². The molecule has 1 aromatic rings. The molecule has 0 spiro atoms. The van der Waals surface area contributed by atoms with Crippen LogP contribution in [0, 0.1) is 17.2 Å². The van der Waals surface area contributed by atoms with Crippen LogP contribution >= 0.6 is 0 Å². The summed E-state index contributed by atoms with van der Waals surface area (Å²) < 4.78 is 19.9. The molecule has 1 aromatic carbocycles. The van der Waals surface area contributed by atoms with Gasteiger partial charge in [0, 0.05) is 49.7 Å². The number of aliphatic hydroxyl groups excluding tert-OH is 1. The molecule has 1 unspecified atom stereocenters. The highest BCUT2D eigenvalue weighted by molar-refractivity contribution is 6.12. The van der Waals surface area contributed by atoms with Crippen molar-refractivity contribution in [1.29, 1.82) is 0 Å². The number of rotatable bonds is 19. The third-order valence-electron chi connectivity index (χ3n) is 9.87. The van der Waals surface area contributed by atoms with Gasteiger partial charge < -0.3 is 36.0 Å². The van der Waals surface area contributed by atoms with Gasteiger partial charge in [-0.2, -0.15) is 0 Å². The molecule has 5 N–H and O–H groups in total. The van der Waals surface area contributed by atoms with Crippen LogP contribution in [0.4, 0.5) is 4.39 Å². The number of aliphatic hydroxyl groups is 1. The molecule has 318 valence electrons. The maximum Gasteiger partial charge on any atom is 0.253 e. The molecule has 0 aromatic heterocycles. The normalized spacial score (nSPS) is 16.6. The summed E-state index contributed by atoms with van der Waals surface area (Å²) in [7, 11) is 3.25. The lowest BCUT2D eigenvalue weighted by Crippen LogP contribution is -2.61. The Hall–Kier alpha value is -4.47. The number of nitrogens with zero attached hydrogens (tertiary/aromatic N) is 2. The van der Waals surface area contributed by atoms with E-state index in [-0.39, 0.29) is 43.3 Å². The van der Waals surface area contributed by atoms with Crippen LogP contribution in [0.5, 0.6) is 0 Å². The van der Waals surface area contributed by atoms with Crippen LogP contribution in [-0.2, 0) is 38.9 Å². The molecule has 2 rings (SSSR count). The smallest absolute Gasteiger partial charge is 0.253 e. The second-order valence-corrected chi connectivity index (χ2v) is 17.5. The maximum atomic E-state index is 14.3. The summed E-state index contributed by atoms with van der Waals surface area (Å²) >= 11 is 0. The number of benzene rings is 1. The van der Waals surface area contributed by atoms with Crippen molar-refractivity contribution in [2.45, 2.75) is 130 Å². The molecule has 1 heterocycles. The predicted molar refractivity (Wildman–Crippen MR) is 216 cm³/mol. The first-order valence-electron chi connectivity index (χ1n) is 19.4. The van der Waals surface area contributed by atoms with Crippen LogP contribution in [-0.4, -0.2) is 114 Å². The Kier molecular flexibility index (Phi) is 17.3. The van der Waals surface area contributed by atoms with Crippen molar-refractivity contribution in [3.05, 3.63) is 59.4 Å². The lowest BCUT2D eigenvalue weighted by atomic mass is 9.76. The highest BCUT2D eigenvalue weighted by Crippen LogP contribution is 2.30. The van der Waals surface area contributed by atoms with E-state index in [4.69, 9.17) is 4.74 Å². The summed E-state index contributed by atoms with van der Waals surface area (Å²) in [6.07, 6.45) is 2.37. The Balaban J connectivity index is 2.25. The molecule has 0 fully saturated rings. The van der Waals surface area contributed by atoms with E-state index in [2.05, 4.69) is 21.3 Å². The van der Waals surface area contributed by atoms with E-state index in [0.29, 0.717) is 5.56 Å². The van der Waals surface area contributed by atoms with Crippen LogP contribution in [0.3, 0.4) is 0 Å². The highest BCUT2D eigenvalue weighted by Gasteiger charge is 2.42. The van der Waals surface area contributed by atoms with E-state index in [9.17, 15) is 38.3 Å². The third kappa shape index (κ3) is 14.1. The van der Waals surface area contributed by atoms with Crippen LogP contribution in [0.25, 0.3) is 0 Å². The second kappa shape index (κ2) is 20.3. The number of carbonyl (C=O) groups excluding carboxylic acids is 6. The number of likely N-dealkylation sites (N-methyl/N-ethyl adjacent to an activating group) is 2. The monoisotopic (exact) mass is 800 g/mol. The number of amides is 6. The number of ether oxygens (including phenoxy) is 1. The number of halogens is 1. The topological polar surface area (TPSA) is 186 Å². The largest absolute Gasteiger partial charge is 0.366 e. The highest BCUT2D eigenvalue weighted by atomic mass is 19.1. The van der Waals surface area contributed by atoms with Gasteiger partial charge in [-0.05, 0) is 70.2 Å². The Morgan fingerprint density at radius 2 is 1.56 bits per heavy atom. The minimum absolute atomic E-state index is 0.00162. The first kappa shape index (κ1) is 48.7. The summed E-state index contributed by atoms with van der Waals surface area (Å²) in [5, 5.41) is 22.5. The van der Waals surface area contributed by atoms with Crippen molar-refractivity contribution < 1.29 is 43.0 Å². The van der Waals surface area contributed by atoms with Crippen molar-refractivity contribution in [2.75, 3.05) is 27.2 Å². The number of carbonyl (C=O) groups is 6. The molecular formula is C42H65FN6O8. The van der Waals surface area contributed by atoms with Crippen molar-refractivity contribution in [3.8, 4) is 0 Å². The summed E-state index contributed by atoms with van der Waals surface area (Å²) in [5.41, 5.74) is -1.53. The summed E-state index contributed by atoms with van der Waals surface area (Å²) in [5.74, 6) is -3.32. The van der Waals surface area contributed by atoms with Crippen molar-refractivity contribution in [3.63, 3.8) is 0 Å². The van der Waals surface area contributed by atoms with Gasteiger partial charge in [0.1, 0.15) is 11.9 Å². The van der Waals surface area contributed by atoms with Crippen molar-refractivity contribution in [1.82, 2.24) is 31.1 Å². The molecule has 15 heteroatoms. The van der Waals surface area contributed by atoms with Crippen molar-refractivity contribution >= 4 is 35.4 Å². The van der Waals surface area contributed by atoms with Crippen LogP contribution in [0.15, 0.2) is 48.1 Å². The molecule has 14 nitrogen and oxygen atoms in total. The Bertz CT molecular complexity index is 1660. The van der Waals surface area contributed by atoms with E-state index in [1.54, 1.807) is 60.0 Å². The minimum atomic E-state index is -1.48. The van der Waals surface area contributed by atoms with Gasteiger partial charge in [-0.25, -0.2) is 4.39 Å². The minimum Gasteiger partial charge on any atom is -0.366 e. The molecule has 5 atom stereocenters. The molecule has 0 saturated carbocycles. The van der Waals surface area contributed by atoms with E-state index < -0.39 is 82.2 Å². The molecule has 0 aliphatic carbocycles. The van der Waals surface area contributed by atoms with Gasteiger partial charge in [-0.15, -0.1) is 0 Å². The fourth-order valence-corrected chi connectivity index (χ4v) is 6.53. The average molecular weight is 801 g/mol. The number of hydrogen-bond acceptors (Lipinski definition) is 9. The fraction of sp³-hybridized carbons (Fsp3) is 0.619. The fourth-order valence-electron chi connectivity index (χ4n) is 6.53. The molecule has 6 amide bonds. The molecule has 0 bridgehead atoms. The standard InChI is InChI=1S/C42H65FN6O8/c1-25(2)30(48(13)38(55)35(40(4,5)6)47-37(54)34(44-12)42(10,11)27-15-14-16-28(43)24-27)23-26(3)36(53)46-29(39(56)57-41(7,8)9)17-18-31(50)45-21-22-49-32(51)19-20-33(49)52/h14-16,19-20,23-25,29-30,34-35,39,44,56H,17-18,21-22H2,1-13H3,(H,45,50)(H,46,53)(H,47,54)/b26-23+/t29-,30-,34-,35-,39?/m1/s1. The van der Waals surface area contributed by atoms with Crippen LogP contribution < -0.4 is 21.3 Å². The molecule has 1 aliphatic heterocycles. The van der Waals surface area contributed by atoms with Crippen molar-refractivity contribution in [2.24, 2.45) is 11.3 Å². The van der Waals surface area contributed by atoms with E-state index >= 15 is 0 Å². The Morgan fingerprint density at radius 1 is 0.965 bits per heavy atom. The van der Waals surface area contributed by atoms with Gasteiger partial charge in [0.2, 0.25) is 23.6 Å². The zero-order chi connectivity index (χ0) is 43.6. The molecule has 1 aliphatic rings. The number of nitrogens with one attached hydrogen (secondary N) is 4. The van der Waals surface area contributed by atoms with Gasteiger partial charge in [0.15, 0.2) is 6.29 Å².